The van der Waals surface area contributed by atoms with Crippen molar-refractivity contribution in [3.8, 4) is 6.07 Å². The summed E-state index contributed by atoms with van der Waals surface area (Å²) in [6, 6.07) is 42.7. The summed E-state index contributed by atoms with van der Waals surface area (Å²) in [4.78, 5) is 5.00. The Hall–Kier alpha value is -4.49. The van der Waals surface area contributed by atoms with Crippen molar-refractivity contribution >= 4 is 71.0 Å². The normalized spacial score (nSPS) is 17.0. The van der Waals surface area contributed by atoms with Gasteiger partial charge in [-0.1, -0.05) is 0 Å². The average molecular weight is 644 g/mol. The number of hydrogen-bond donors (Lipinski definition) is 0. The Bertz CT molecular complexity index is 2110. The van der Waals surface area contributed by atoms with Gasteiger partial charge in [0.2, 0.25) is 0 Å². The van der Waals surface area contributed by atoms with E-state index in [1.165, 1.54) is 74.0 Å². The van der Waals surface area contributed by atoms with E-state index < -0.39 is 0 Å². The van der Waals surface area contributed by atoms with Gasteiger partial charge in [-0.3, -0.25) is 0 Å². The van der Waals surface area contributed by atoms with Crippen LogP contribution < -0.4 is 30.7 Å². The molecule has 0 N–H and O–H groups in total. The van der Waals surface area contributed by atoms with E-state index in [-0.39, 0.29) is 12.1 Å². The van der Waals surface area contributed by atoms with Gasteiger partial charge in [-0.25, -0.2) is 0 Å². The van der Waals surface area contributed by atoms with Gasteiger partial charge >= 0.3 is 273 Å². The fourth-order valence-corrected chi connectivity index (χ4v) is 10.8. The van der Waals surface area contributed by atoms with Crippen LogP contribution in [0.1, 0.15) is 56.2 Å². The minimum absolute atomic E-state index is 0.0948. The molecule has 3 heterocycles. The Morgan fingerprint density at radius 3 is 2.33 bits per heavy atom. The molecule has 0 unspecified atom stereocenters. The van der Waals surface area contributed by atoms with E-state index >= 15 is 0 Å². The molecule has 0 saturated heterocycles. The molecule has 0 radical (unpaired) electrons. The second-order valence-corrected chi connectivity index (χ2v) is 15.5. The Morgan fingerprint density at radius 1 is 0.689 bits per heavy atom. The van der Waals surface area contributed by atoms with Crippen LogP contribution in [0.4, 0.5) is 28.4 Å². The molecule has 5 heteroatoms. The summed E-state index contributed by atoms with van der Waals surface area (Å²) in [5, 5.41) is 10.3. The fourth-order valence-electron chi connectivity index (χ4n) is 8.25. The molecule has 3 aliphatic heterocycles. The van der Waals surface area contributed by atoms with Crippen molar-refractivity contribution in [1.29, 1.82) is 5.26 Å². The van der Waals surface area contributed by atoms with Crippen LogP contribution in [-0.4, -0.2) is 21.7 Å². The van der Waals surface area contributed by atoms with E-state index in [2.05, 4.69) is 139 Å². The van der Waals surface area contributed by atoms with Gasteiger partial charge in [-0.2, -0.15) is 0 Å². The predicted octanol–water partition coefficient (Wildman–Crippen LogP) is 6.76. The summed E-state index contributed by atoms with van der Waals surface area (Å²) in [5.74, 6) is 0. The van der Waals surface area contributed by atoms with Crippen LogP contribution in [0.2, 0.25) is 0 Å². The second kappa shape index (κ2) is 10.0. The number of nitriles is 1. The van der Waals surface area contributed by atoms with E-state index in [0.717, 1.165) is 17.8 Å². The van der Waals surface area contributed by atoms with Crippen LogP contribution in [0, 0.1) is 11.3 Å². The van der Waals surface area contributed by atoms with E-state index in [1.54, 1.807) is 4.47 Å². The van der Waals surface area contributed by atoms with E-state index in [1.807, 2.05) is 0 Å². The van der Waals surface area contributed by atoms with Gasteiger partial charge in [-0.05, 0) is 0 Å². The van der Waals surface area contributed by atoms with Crippen molar-refractivity contribution in [2.24, 2.45) is 0 Å². The third-order valence-corrected chi connectivity index (χ3v) is 12.9. The molecular formula is C40H32BN3Se. The Balaban J connectivity index is 1.34. The van der Waals surface area contributed by atoms with E-state index in [9.17, 15) is 5.26 Å². The Kier molecular flexibility index (Phi) is 5.98. The molecule has 0 amide bonds. The number of benzene rings is 5. The SMILES string of the molecule is CC1(C)c2ccccc2B2c3ccc(N4C5=C(CCCC5)[Se]c5ccccc54)cc3N(c3ccccc3)c3cc(C#N)cc1c32. The first-order valence-corrected chi connectivity index (χ1v) is 17.7. The van der Waals surface area contributed by atoms with Crippen LogP contribution in [0.15, 0.2) is 119 Å². The first kappa shape index (κ1) is 26.9. The van der Waals surface area contributed by atoms with Crippen LogP contribution in [-0.2, 0) is 5.41 Å². The molecule has 0 bridgehead atoms. The molecule has 5 aromatic rings. The van der Waals surface area contributed by atoms with Crippen molar-refractivity contribution in [2.45, 2.75) is 44.9 Å². The number of hydrogen-bond acceptors (Lipinski definition) is 3. The van der Waals surface area contributed by atoms with Crippen molar-refractivity contribution in [3.63, 3.8) is 0 Å². The third-order valence-electron chi connectivity index (χ3n) is 10.3. The summed E-state index contributed by atoms with van der Waals surface area (Å²) in [5.41, 5.74) is 14.6. The molecule has 3 nitrogen and oxygen atoms in total. The van der Waals surface area contributed by atoms with Crippen LogP contribution >= 0.6 is 0 Å². The maximum absolute atomic E-state index is 10.3. The van der Waals surface area contributed by atoms with Crippen molar-refractivity contribution in [1.82, 2.24) is 0 Å². The number of anilines is 5. The van der Waals surface area contributed by atoms with Crippen LogP contribution in [0.3, 0.4) is 0 Å². The monoisotopic (exact) mass is 645 g/mol. The number of allylic oxidation sites excluding steroid dienone is 2. The number of rotatable bonds is 2. The predicted molar refractivity (Wildman–Crippen MR) is 189 cm³/mol. The molecule has 5 aromatic carbocycles. The van der Waals surface area contributed by atoms with Gasteiger partial charge in [-0.15, -0.1) is 0 Å². The number of nitrogens with zero attached hydrogens (tertiary/aromatic N) is 3. The molecule has 0 atom stereocenters. The number of fused-ring (bicyclic) bond motifs is 5. The summed E-state index contributed by atoms with van der Waals surface area (Å²) >= 11 is 0.384. The fraction of sp³-hybridized carbons (Fsp3) is 0.175. The van der Waals surface area contributed by atoms with Gasteiger partial charge in [0, 0.05) is 0 Å². The summed E-state index contributed by atoms with van der Waals surface area (Å²) in [6.45, 7) is 4.72. The Morgan fingerprint density at radius 2 is 1.47 bits per heavy atom. The number of para-hydroxylation sites is 2. The average Bonchev–Trinajstić information content (AvgIpc) is 3.08. The molecule has 45 heavy (non-hydrogen) atoms. The first-order chi connectivity index (χ1) is 22.0. The van der Waals surface area contributed by atoms with Gasteiger partial charge in [0.05, 0.1) is 0 Å². The molecule has 9 rings (SSSR count). The van der Waals surface area contributed by atoms with Crippen molar-refractivity contribution in [2.75, 3.05) is 9.80 Å². The van der Waals surface area contributed by atoms with Crippen LogP contribution in [0.25, 0.3) is 0 Å². The molecule has 4 aliphatic rings. The molecule has 1 aliphatic carbocycles. The quantitative estimate of drug-likeness (QED) is 0.195. The van der Waals surface area contributed by atoms with Crippen molar-refractivity contribution in [3.05, 3.63) is 136 Å². The van der Waals surface area contributed by atoms with Gasteiger partial charge in [0.1, 0.15) is 0 Å². The van der Waals surface area contributed by atoms with E-state index in [0.29, 0.717) is 20.5 Å². The molecule has 0 spiro atoms. The molecule has 0 fully saturated rings. The van der Waals surface area contributed by atoms with Gasteiger partial charge in [0.25, 0.3) is 0 Å². The van der Waals surface area contributed by atoms with Crippen LogP contribution in [0.5, 0.6) is 0 Å². The standard InChI is InChI=1S/C40H32BN3Se/c1-40(2)29-14-6-7-15-31(29)41-32-21-20-28(44-33-16-8-10-18-37(33)45-38-19-11-9-17-34(38)44)24-35(32)43(27-12-4-3-5-13-27)36-23-26(25-42)22-30(40)39(36)41/h3-8,10,12-16,18,20-24H,9,11,17,19H2,1-2H3. The van der Waals surface area contributed by atoms with Gasteiger partial charge in [0.15, 0.2) is 0 Å². The topological polar surface area (TPSA) is 30.3 Å². The zero-order valence-corrected chi connectivity index (χ0v) is 27.3. The van der Waals surface area contributed by atoms with Crippen molar-refractivity contribution < 1.29 is 0 Å². The molecule has 216 valence electrons. The molecule has 0 aromatic heterocycles. The summed E-state index contributed by atoms with van der Waals surface area (Å²) in [7, 11) is 0. The third kappa shape index (κ3) is 3.89. The zero-order chi connectivity index (χ0) is 30.3. The molecular weight excluding hydrogens is 612 g/mol. The summed E-state index contributed by atoms with van der Waals surface area (Å²) in [6.07, 6.45) is 4.88. The second-order valence-electron chi connectivity index (χ2n) is 13.1. The Labute approximate surface area is 272 Å². The van der Waals surface area contributed by atoms with Gasteiger partial charge < -0.3 is 0 Å². The minimum atomic E-state index is -0.229. The maximum atomic E-state index is 10.3. The van der Waals surface area contributed by atoms with E-state index in [4.69, 9.17) is 0 Å². The zero-order valence-electron chi connectivity index (χ0n) is 25.5. The molecule has 0 saturated carbocycles. The summed E-state index contributed by atoms with van der Waals surface area (Å²) < 4.78 is 3.13. The first-order valence-electron chi connectivity index (χ1n) is 16.0.